The molecular formula is C13H12FN3. The number of aromatic amines is 1. The van der Waals surface area contributed by atoms with Crippen molar-refractivity contribution in [1.29, 1.82) is 5.26 Å². The topological polar surface area (TPSA) is 52.5 Å². The van der Waals surface area contributed by atoms with Crippen LogP contribution in [0.2, 0.25) is 0 Å². The maximum Gasteiger partial charge on any atom is 0.126 e. The van der Waals surface area contributed by atoms with Gasteiger partial charge in [0.2, 0.25) is 0 Å². The second-order valence-corrected chi connectivity index (χ2v) is 4.39. The van der Waals surface area contributed by atoms with Crippen molar-refractivity contribution in [1.82, 2.24) is 9.97 Å². The lowest BCUT2D eigenvalue weighted by Crippen LogP contribution is -2.15. The second-order valence-electron chi connectivity index (χ2n) is 4.39. The first-order chi connectivity index (χ1) is 8.03. The van der Waals surface area contributed by atoms with Crippen LogP contribution in [0.15, 0.2) is 30.5 Å². The number of benzene rings is 1. The van der Waals surface area contributed by atoms with Crippen molar-refractivity contribution < 1.29 is 4.39 Å². The van der Waals surface area contributed by atoms with Gasteiger partial charge >= 0.3 is 0 Å². The van der Waals surface area contributed by atoms with Crippen molar-refractivity contribution in [2.45, 2.75) is 19.3 Å². The summed E-state index contributed by atoms with van der Waals surface area (Å²) in [5.41, 5.74) is 0.756. The quantitative estimate of drug-likeness (QED) is 0.860. The molecule has 3 nitrogen and oxygen atoms in total. The molecule has 1 aromatic heterocycles. The normalized spacial score (nSPS) is 11.2. The predicted octanol–water partition coefficient (Wildman–Crippen LogP) is 3.02. The van der Waals surface area contributed by atoms with Gasteiger partial charge in [-0.3, -0.25) is 0 Å². The molecule has 2 rings (SSSR count). The highest BCUT2D eigenvalue weighted by molar-refractivity contribution is 5.58. The molecule has 0 amide bonds. The van der Waals surface area contributed by atoms with Gasteiger partial charge in [-0.25, -0.2) is 9.37 Å². The summed E-state index contributed by atoms with van der Waals surface area (Å²) < 4.78 is 13.1. The number of hydrogen-bond acceptors (Lipinski definition) is 2. The smallest absolute Gasteiger partial charge is 0.126 e. The Morgan fingerprint density at radius 3 is 2.82 bits per heavy atom. The van der Waals surface area contributed by atoms with Crippen LogP contribution in [0.1, 0.15) is 19.7 Å². The monoisotopic (exact) mass is 229 g/mol. The summed E-state index contributed by atoms with van der Waals surface area (Å²) >= 11 is 0. The van der Waals surface area contributed by atoms with Gasteiger partial charge < -0.3 is 4.98 Å². The van der Waals surface area contributed by atoms with E-state index in [0.29, 0.717) is 11.5 Å². The molecule has 17 heavy (non-hydrogen) atoms. The number of imidazole rings is 1. The fourth-order valence-electron chi connectivity index (χ4n) is 1.49. The molecule has 0 aliphatic rings. The Balaban J connectivity index is 2.41. The van der Waals surface area contributed by atoms with E-state index < -0.39 is 5.41 Å². The maximum absolute atomic E-state index is 13.1. The van der Waals surface area contributed by atoms with Gasteiger partial charge in [0.25, 0.3) is 0 Å². The van der Waals surface area contributed by atoms with Crippen LogP contribution in [-0.4, -0.2) is 9.97 Å². The molecule has 4 heteroatoms. The first-order valence-corrected chi connectivity index (χ1v) is 5.25. The van der Waals surface area contributed by atoms with Crippen molar-refractivity contribution >= 4 is 0 Å². The molecule has 0 spiro atoms. The lowest BCUT2D eigenvalue weighted by atomic mass is 9.95. The van der Waals surface area contributed by atoms with Crippen molar-refractivity contribution in [2.75, 3.05) is 0 Å². The number of hydrogen-bond donors (Lipinski definition) is 1. The molecule has 0 fully saturated rings. The van der Waals surface area contributed by atoms with Crippen LogP contribution in [0.4, 0.5) is 4.39 Å². The minimum atomic E-state index is -0.675. The molecule has 0 saturated carbocycles. The fourth-order valence-corrected chi connectivity index (χ4v) is 1.49. The molecule has 0 aliphatic carbocycles. The number of nitrogens with zero attached hydrogens (tertiary/aromatic N) is 2. The Labute approximate surface area is 98.9 Å². The molecule has 0 bridgehead atoms. The van der Waals surface area contributed by atoms with E-state index in [1.807, 2.05) is 0 Å². The molecule has 0 radical (unpaired) electrons. The largest absolute Gasteiger partial charge is 0.341 e. The minimum Gasteiger partial charge on any atom is -0.341 e. The first-order valence-electron chi connectivity index (χ1n) is 5.25. The van der Waals surface area contributed by atoms with Gasteiger partial charge in [-0.05, 0) is 26.0 Å². The zero-order chi connectivity index (χ0) is 12.5. The van der Waals surface area contributed by atoms with Crippen molar-refractivity contribution in [2.24, 2.45) is 0 Å². The van der Waals surface area contributed by atoms with Gasteiger partial charge in [0.05, 0.1) is 18.0 Å². The average molecular weight is 229 g/mol. The number of aromatic nitrogens is 2. The summed E-state index contributed by atoms with van der Waals surface area (Å²) in [4.78, 5) is 7.21. The Bertz CT molecular complexity index is 578. The van der Waals surface area contributed by atoms with Gasteiger partial charge in [0.15, 0.2) is 0 Å². The molecule has 0 unspecified atom stereocenters. The summed E-state index contributed by atoms with van der Waals surface area (Å²) in [7, 11) is 0. The van der Waals surface area contributed by atoms with Gasteiger partial charge in [0, 0.05) is 5.56 Å². The molecule has 0 saturated heterocycles. The van der Waals surface area contributed by atoms with Crippen LogP contribution in [0, 0.1) is 17.1 Å². The number of H-pyrrole nitrogens is 1. The third-order valence-corrected chi connectivity index (χ3v) is 2.58. The Kier molecular flexibility index (Phi) is 2.68. The summed E-state index contributed by atoms with van der Waals surface area (Å²) in [5.74, 6) is 0.289. The highest BCUT2D eigenvalue weighted by Gasteiger charge is 2.23. The minimum absolute atomic E-state index is 0.293. The molecule has 1 N–H and O–H groups in total. The third kappa shape index (κ3) is 2.18. The van der Waals surface area contributed by atoms with E-state index in [-0.39, 0.29) is 5.82 Å². The molecule has 86 valence electrons. The zero-order valence-corrected chi connectivity index (χ0v) is 9.66. The molecule has 1 aromatic carbocycles. The van der Waals surface area contributed by atoms with Gasteiger partial charge in [-0.15, -0.1) is 0 Å². The van der Waals surface area contributed by atoms with Crippen molar-refractivity contribution in [3.05, 3.63) is 42.1 Å². The predicted molar refractivity (Wildman–Crippen MR) is 62.6 cm³/mol. The molecule has 1 heterocycles. The zero-order valence-electron chi connectivity index (χ0n) is 9.66. The van der Waals surface area contributed by atoms with E-state index in [0.717, 1.165) is 5.56 Å². The van der Waals surface area contributed by atoms with Gasteiger partial charge in [-0.1, -0.05) is 12.1 Å². The lowest BCUT2D eigenvalue weighted by Gasteiger charge is -2.10. The van der Waals surface area contributed by atoms with E-state index >= 15 is 0 Å². The summed E-state index contributed by atoms with van der Waals surface area (Å²) in [6.45, 7) is 3.56. The number of nitriles is 1. The van der Waals surface area contributed by atoms with E-state index in [1.54, 1.807) is 32.2 Å². The second kappa shape index (κ2) is 4.02. The van der Waals surface area contributed by atoms with Crippen molar-refractivity contribution in [3.63, 3.8) is 0 Å². The highest BCUT2D eigenvalue weighted by Crippen LogP contribution is 2.23. The standard InChI is InChI=1S/C13H12FN3/c1-13(2,8-15)12-16-7-11(17-12)9-4-3-5-10(14)6-9/h3-7H,1-2H3,(H,16,17). The summed E-state index contributed by atoms with van der Waals surface area (Å²) in [6.07, 6.45) is 1.61. The fraction of sp³-hybridized carbons (Fsp3) is 0.231. The van der Waals surface area contributed by atoms with Crippen LogP contribution in [0.25, 0.3) is 11.3 Å². The van der Waals surface area contributed by atoms with E-state index in [1.165, 1.54) is 12.1 Å². The van der Waals surface area contributed by atoms with E-state index in [4.69, 9.17) is 5.26 Å². The van der Waals surface area contributed by atoms with Gasteiger partial charge in [-0.2, -0.15) is 5.26 Å². The molecular weight excluding hydrogens is 217 g/mol. The van der Waals surface area contributed by atoms with Crippen LogP contribution >= 0.6 is 0 Å². The SMILES string of the molecule is CC(C)(C#N)c1ncc(-c2cccc(F)c2)[nH]1. The Morgan fingerprint density at radius 2 is 2.18 bits per heavy atom. The molecule has 2 aromatic rings. The van der Waals surface area contributed by atoms with Crippen molar-refractivity contribution in [3.8, 4) is 17.3 Å². The number of nitrogens with one attached hydrogen (secondary N) is 1. The van der Waals surface area contributed by atoms with Crippen LogP contribution < -0.4 is 0 Å². The Morgan fingerprint density at radius 1 is 1.41 bits per heavy atom. The summed E-state index contributed by atoms with van der Waals surface area (Å²) in [6, 6.07) is 8.41. The lowest BCUT2D eigenvalue weighted by molar-refractivity contribution is 0.628. The van der Waals surface area contributed by atoms with E-state index in [2.05, 4.69) is 16.0 Å². The van der Waals surface area contributed by atoms with Gasteiger partial charge in [0.1, 0.15) is 17.1 Å². The number of rotatable bonds is 2. The first kappa shape index (κ1) is 11.3. The average Bonchev–Trinajstić information content (AvgIpc) is 2.79. The summed E-state index contributed by atoms with van der Waals surface area (Å²) in [5, 5.41) is 9.00. The van der Waals surface area contributed by atoms with Crippen LogP contribution in [0.5, 0.6) is 0 Å². The van der Waals surface area contributed by atoms with E-state index in [9.17, 15) is 4.39 Å². The van der Waals surface area contributed by atoms with Crippen LogP contribution in [0.3, 0.4) is 0 Å². The molecule has 0 atom stereocenters. The van der Waals surface area contributed by atoms with Crippen LogP contribution in [-0.2, 0) is 5.41 Å². The molecule has 0 aliphatic heterocycles. The Hall–Kier alpha value is -2.15. The maximum atomic E-state index is 13.1. The highest BCUT2D eigenvalue weighted by atomic mass is 19.1. The number of halogens is 1. The third-order valence-electron chi connectivity index (χ3n) is 2.58.